The third-order valence-corrected chi connectivity index (χ3v) is 4.72. The molecule has 2 aromatic rings. The van der Waals surface area contributed by atoms with E-state index in [0.29, 0.717) is 35.5 Å². The number of hydrogen-bond donors (Lipinski definition) is 0. The monoisotopic (exact) mass is 359 g/mol. The van der Waals surface area contributed by atoms with Crippen LogP contribution in [-0.2, 0) is 6.61 Å². The number of benzene rings is 1. The lowest BCUT2D eigenvalue weighted by Crippen LogP contribution is -2.39. The Morgan fingerprint density at radius 3 is 2.85 bits per heavy atom. The summed E-state index contributed by atoms with van der Waals surface area (Å²) in [6.45, 7) is 1.95. The molecule has 7 heteroatoms. The van der Waals surface area contributed by atoms with Crippen LogP contribution in [0, 0.1) is 0 Å². The highest BCUT2D eigenvalue weighted by Crippen LogP contribution is 2.26. The minimum Gasteiger partial charge on any atom is -0.493 e. The first-order valence-corrected chi connectivity index (χ1v) is 8.75. The summed E-state index contributed by atoms with van der Waals surface area (Å²) in [6, 6.07) is 9.40. The highest BCUT2D eigenvalue weighted by molar-refractivity contribution is 5.92. The highest BCUT2D eigenvalue weighted by atomic mass is 16.5. The molecule has 1 saturated heterocycles. The van der Waals surface area contributed by atoms with Gasteiger partial charge in [0.25, 0.3) is 5.91 Å². The molecular weight excluding hydrogens is 334 g/mol. The summed E-state index contributed by atoms with van der Waals surface area (Å²) in [4.78, 5) is 16.5. The van der Waals surface area contributed by atoms with Gasteiger partial charge >= 0.3 is 0 Å². The van der Waals surface area contributed by atoms with Crippen LogP contribution in [0.15, 0.2) is 34.9 Å². The molecule has 1 aliphatic rings. The maximum atomic E-state index is 12.6. The van der Waals surface area contributed by atoms with Crippen molar-refractivity contribution in [2.75, 3.05) is 34.3 Å². The van der Waals surface area contributed by atoms with Crippen LogP contribution in [0.4, 0.5) is 0 Å². The molecule has 140 valence electrons. The van der Waals surface area contributed by atoms with E-state index in [1.165, 1.54) is 6.42 Å². The number of carbonyl (C=O) groups excluding carboxylic acids is 1. The van der Waals surface area contributed by atoms with Gasteiger partial charge in [-0.05, 0) is 38.6 Å². The number of methoxy groups -OCH3 is 1. The Balaban J connectivity index is 1.57. The van der Waals surface area contributed by atoms with E-state index >= 15 is 0 Å². The number of nitrogens with zero attached hydrogens (tertiary/aromatic N) is 3. The normalized spacial score (nSPS) is 17.3. The summed E-state index contributed by atoms with van der Waals surface area (Å²) in [5, 5.41) is 3.89. The van der Waals surface area contributed by atoms with Crippen LogP contribution < -0.4 is 9.47 Å². The van der Waals surface area contributed by atoms with Crippen LogP contribution in [0.5, 0.6) is 11.5 Å². The predicted octanol–water partition coefficient (Wildman–Crippen LogP) is 2.43. The SMILES string of the molecule is COc1ccccc1OCc1cc(C(=O)N(C)C[C@@H]2CCCN2C)no1. The van der Waals surface area contributed by atoms with Crippen molar-refractivity contribution in [1.29, 1.82) is 0 Å². The number of ether oxygens (including phenoxy) is 2. The lowest BCUT2D eigenvalue weighted by molar-refractivity contribution is 0.0751. The van der Waals surface area contributed by atoms with Gasteiger partial charge in [-0.3, -0.25) is 4.79 Å². The van der Waals surface area contributed by atoms with E-state index in [2.05, 4.69) is 17.1 Å². The van der Waals surface area contributed by atoms with E-state index in [1.807, 2.05) is 24.3 Å². The van der Waals surface area contributed by atoms with Crippen LogP contribution >= 0.6 is 0 Å². The van der Waals surface area contributed by atoms with Crippen molar-refractivity contribution in [2.45, 2.75) is 25.5 Å². The van der Waals surface area contributed by atoms with E-state index in [4.69, 9.17) is 14.0 Å². The van der Waals surface area contributed by atoms with E-state index in [1.54, 1.807) is 25.1 Å². The maximum Gasteiger partial charge on any atom is 0.275 e. The Bertz CT molecular complexity index is 746. The van der Waals surface area contributed by atoms with Crippen molar-refractivity contribution >= 4 is 5.91 Å². The fourth-order valence-corrected chi connectivity index (χ4v) is 3.17. The molecule has 0 radical (unpaired) electrons. The minimum absolute atomic E-state index is 0.141. The fourth-order valence-electron chi connectivity index (χ4n) is 3.17. The van der Waals surface area contributed by atoms with Crippen molar-refractivity contribution in [1.82, 2.24) is 15.0 Å². The largest absolute Gasteiger partial charge is 0.493 e. The molecule has 0 N–H and O–H groups in total. The molecule has 0 bridgehead atoms. The second-order valence-corrected chi connectivity index (χ2v) is 6.58. The van der Waals surface area contributed by atoms with Crippen molar-refractivity contribution in [3.8, 4) is 11.5 Å². The van der Waals surface area contributed by atoms with Crippen LogP contribution in [-0.4, -0.2) is 61.2 Å². The van der Waals surface area contributed by atoms with Crippen molar-refractivity contribution in [2.24, 2.45) is 0 Å². The lowest BCUT2D eigenvalue weighted by Gasteiger charge is -2.25. The van der Waals surface area contributed by atoms with Gasteiger partial charge in [-0.1, -0.05) is 17.3 Å². The quantitative estimate of drug-likeness (QED) is 0.756. The first kappa shape index (κ1) is 18.3. The van der Waals surface area contributed by atoms with E-state index in [-0.39, 0.29) is 12.5 Å². The number of amides is 1. The maximum absolute atomic E-state index is 12.6. The van der Waals surface area contributed by atoms with Crippen molar-refractivity contribution < 1.29 is 18.8 Å². The minimum atomic E-state index is -0.141. The Morgan fingerprint density at radius 1 is 1.38 bits per heavy atom. The topological polar surface area (TPSA) is 68.0 Å². The van der Waals surface area contributed by atoms with E-state index in [0.717, 1.165) is 13.0 Å². The Kier molecular flexibility index (Phi) is 5.78. The third kappa shape index (κ3) is 4.16. The third-order valence-electron chi connectivity index (χ3n) is 4.72. The van der Waals surface area contributed by atoms with Gasteiger partial charge in [-0.2, -0.15) is 0 Å². The van der Waals surface area contributed by atoms with Crippen LogP contribution in [0.1, 0.15) is 29.1 Å². The van der Waals surface area contributed by atoms with Gasteiger partial charge in [0, 0.05) is 25.7 Å². The van der Waals surface area contributed by atoms with Crippen LogP contribution in [0.3, 0.4) is 0 Å². The van der Waals surface area contributed by atoms with Crippen LogP contribution in [0.2, 0.25) is 0 Å². The summed E-state index contributed by atoms with van der Waals surface area (Å²) in [7, 11) is 5.48. The molecule has 0 spiro atoms. The molecule has 1 aromatic carbocycles. The molecule has 1 aliphatic heterocycles. The van der Waals surface area contributed by atoms with Gasteiger partial charge in [0.2, 0.25) is 0 Å². The average molecular weight is 359 g/mol. The summed E-state index contributed by atoms with van der Waals surface area (Å²) in [5.74, 6) is 1.60. The van der Waals surface area contributed by atoms with Crippen molar-refractivity contribution in [3.63, 3.8) is 0 Å². The standard InChI is InChI=1S/C19H25N3O4/c1-21-10-6-7-14(21)12-22(2)19(23)16-11-15(26-20-16)13-25-18-9-5-4-8-17(18)24-3/h4-5,8-9,11,14H,6-7,10,12-13H2,1-3H3/t14-/m0/s1. The molecule has 1 atom stereocenters. The average Bonchev–Trinajstić information content (AvgIpc) is 3.29. The first-order valence-electron chi connectivity index (χ1n) is 8.75. The van der Waals surface area contributed by atoms with Crippen LogP contribution in [0.25, 0.3) is 0 Å². The molecule has 0 saturated carbocycles. The molecule has 0 unspecified atom stereocenters. The molecule has 3 rings (SSSR count). The molecule has 1 fully saturated rings. The number of rotatable bonds is 7. The number of carbonyl (C=O) groups is 1. The predicted molar refractivity (Wildman–Crippen MR) is 96.4 cm³/mol. The van der Waals surface area contributed by atoms with Gasteiger partial charge in [-0.15, -0.1) is 0 Å². The molecule has 7 nitrogen and oxygen atoms in total. The van der Waals surface area contributed by atoms with Gasteiger partial charge in [0.1, 0.15) is 6.61 Å². The molecule has 2 heterocycles. The zero-order chi connectivity index (χ0) is 18.5. The van der Waals surface area contributed by atoms with Gasteiger partial charge in [-0.25, -0.2) is 0 Å². The summed E-state index contributed by atoms with van der Waals surface area (Å²) in [5.41, 5.74) is 0.298. The molecule has 26 heavy (non-hydrogen) atoms. The summed E-state index contributed by atoms with van der Waals surface area (Å²) >= 11 is 0. The fraction of sp³-hybridized carbons (Fsp3) is 0.474. The number of likely N-dealkylation sites (tertiary alicyclic amines) is 1. The van der Waals surface area contributed by atoms with Gasteiger partial charge < -0.3 is 23.8 Å². The number of likely N-dealkylation sites (N-methyl/N-ethyl adjacent to an activating group) is 2. The molecular formula is C19H25N3O4. The number of aromatic nitrogens is 1. The lowest BCUT2D eigenvalue weighted by atomic mass is 10.2. The Morgan fingerprint density at radius 2 is 2.15 bits per heavy atom. The highest BCUT2D eigenvalue weighted by Gasteiger charge is 2.25. The Labute approximate surface area is 153 Å². The summed E-state index contributed by atoms with van der Waals surface area (Å²) < 4.78 is 16.2. The Hall–Kier alpha value is -2.54. The van der Waals surface area contributed by atoms with Gasteiger partial charge in [0.15, 0.2) is 23.0 Å². The van der Waals surface area contributed by atoms with Gasteiger partial charge in [0.05, 0.1) is 7.11 Å². The second-order valence-electron chi connectivity index (χ2n) is 6.58. The van der Waals surface area contributed by atoms with E-state index < -0.39 is 0 Å². The molecule has 1 aromatic heterocycles. The first-order chi connectivity index (χ1) is 12.6. The number of hydrogen-bond acceptors (Lipinski definition) is 6. The molecule has 1 amide bonds. The number of para-hydroxylation sites is 2. The summed E-state index contributed by atoms with van der Waals surface area (Å²) in [6.07, 6.45) is 2.29. The van der Waals surface area contributed by atoms with Crippen molar-refractivity contribution in [3.05, 3.63) is 41.8 Å². The zero-order valence-corrected chi connectivity index (χ0v) is 15.5. The molecule has 0 aliphatic carbocycles. The van der Waals surface area contributed by atoms with E-state index in [9.17, 15) is 4.79 Å². The second kappa shape index (κ2) is 8.23. The zero-order valence-electron chi connectivity index (χ0n) is 15.5. The smallest absolute Gasteiger partial charge is 0.275 e.